The molecular formula is C20H32O3. The summed E-state index contributed by atoms with van der Waals surface area (Å²) in [4.78, 5) is 11.7. The van der Waals surface area contributed by atoms with E-state index in [2.05, 4.69) is 13.8 Å². The first-order chi connectivity index (χ1) is 10.9. The zero-order chi connectivity index (χ0) is 16.4. The molecule has 0 unspecified atom stereocenters. The molecule has 0 amide bonds. The van der Waals surface area contributed by atoms with Gasteiger partial charge in [-0.2, -0.15) is 0 Å². The van der Waals surface area contributed by atoms with E-state index in [1.54, 1.807) is 0 Å². The van der Waals surface area contributed by atoms with Crippen molar-refractivity contribution in [2.45, 2.75) is 77.7 Å². The average molecular weight is 320 g/mol. The molecule has 23 heavy (non-hydrogen) atoms. The highest BCUT2D eigenvalue weighted by Gasteiger charge is 2.61. The minimum atomic E-state index is -0.561. The molecule has 130 valence electrons. The summed E-state index contributed by atoms with van der Waals surface area (Å²) in [7, 11) is 0. The maximum absolute atomic E-state index is 11.7. The van der Waals surface area contributed by atoms with Crippen molar-refractivity contribution in [3.05, 3.63) is 0 Å². The summed E-state index contributed by atoms with van der Waals surface area (Å²) in [5.41, 5.74) is 0.426. The lowest BCUT2D eigenvalue weighted by Crippen LogP contribution is -2.54. The van der Waals surface area contributed by atoms with Gasteiger partial charge in [-0.15, -0.1) is 0 Å². The number of rotatable bonds is 1. The largest absolute Gasteiger partial charge is 0.481 e. The summed E-state index contributed by atoms with van der Waals surface area (Å²) in [5, 5.41) is 19.7. The summed E-state index contributed by atoms with van der Waals surface area (Å²) in [6.45, 7) is 4.77. The topological polar surface area (TPSA) is 57.5 Å². The minimum Gasteiger partial charge on any atom is -0.481 e. The van der Waals surface area contributed by atoms with Crippen molar-refractivity contribution in [2.24, 2.45) is 40.4 Å². The lowest BCUT2D eigenvalue weighted by molar-refractivity contribution is -0.154. The summed E-state index contributed by atoms with van der Waals surface area (Å²) in [5.74, 6) is 2.12. The van der Waals surface area contributed by atoms with E-state index in [4.69, 9.17) is 0 Å². The van der Waals surface area contributed by atoms with Crippen molar-refractivity contribution in [2.75, 3.05) is 0 Å². The maximum Gasteiger partial charge on any atom is 0.307 e. The Hall–Kier alpha value is -0.570. The molecule has 0 aromatic rings. The summed E-state index contributed by atoms with van der Waals surface area (Å²) in [6.07, 6.45) is 9.90. The molecule has 4 aliphatic carbocycles. The van der Waals surface area contributed by atoms with Crippen LogP contribution >= 0.6 is 0 Å². The van der Waals surface area contributed by atoms with Crippen LogP contribution in [0.3, 0.4) is 0 Å². The van der Waals surface area contributed by atoms with Gasteiger partial charge in [-0.05, 0) is 92.3 Å². The van der Waals surface area contributed by atoms with Gasteiger partial charge in [-0.25, -0.2) is 0 Å². The van der Waals surface area contributed by atoms with Crippen LogP contribution in [0.5, 0.6) is 0 Å². The van der Waals surface area contributed by atoms with Crippen molar-refractivity contribution in [1.82, 2.24) is 0 Å². The number of carboxylic acids is 1. The quantitative estimate of drug-likeness (QED) is 0.765. The monoisotopic (exact) mass is 320 g/mol. The number of aliphatic carboxylic acids is 1. The molecule has 0 aromatic heterocycles. The number of carbonyl (C=O) groups is 1. The van der Waals surface area contributed by atoms with Crippen LogP contribution in [-0.2, 0) is 4.79 Å². The van der Waals surface area contributed by atoms with Crippen LogP contribution in [0.1, 0.15) is 71.6 Å². The van der Waals surface area contributed by atoms with Crippen LogP contribution in [0.2, 0.25) is 0 Å². The van der Waals surface area contributed by atoms with Crippen LogP contribution in [0.15, 0.2) is 0 Å². The number of carboxylic acid groups (broad SMARTS) is 1. The van der Waals surface area contributed by atoms with E-state index in [1.165, 1.54) is 25.7 Å². The highest BCUT2D eigenvalue weighted by Crippen LogP contribution is 2.67. The molecule has 0 saturated heterocycles. The van der Waals surface area contributed by atoms with Crippen LogP contribution in [0.4, 0.5) is 0 Å². The predicted octanol–water partition coefficient (Wildman–Crippen LogP) is 4.09. The van der Waals surface area contributed by atoms with Gasteiger partial charge in [0.1, 0.15) is 0 Å². The van der Waals surface area contributed by atoms with Crippen molar-refractivity contribution < 1.29 is 15.0 Å². The molecule has 4 saturated carbocycles. The maximum atomic E-state index is 11.7. The molecule has 0 radical (unpaired) electrons. The molecule has 0 aromatic carbocycles. The molecule has 4 rings (SSSR count). The Bertz CT molecular complexity index is 503. The fourth-order valence-corrected chi connectivity index (χ4v) is 7.64. The van der Waals surface area contributed by atoms with Gasteiger partial charge < -0.3 is 10.2 Å². The van der Waals surface area contributed by atoms with E-state index in [0.717, 1.165) is 43.9 Å². The molecule has 8 atom stereocenters. The predicted molar refractivity (Wildman–Crippen MR) is 88.9 cm³/mol. The summed E-state index contributed by atoms with van der Waals surface area (Å²) >= 11 is 0. The number of aliphatic hydroxyl groups is 1. The van der Waals surface area contributed by atoms with Crippen molar-refractivity contribution in [3.8, 4) is 0 Å². The molecule has 3 nitrogen and oxygen atoms in total. The lowest BCUT2D eigenvalue weighted by Gasteiger charge is -2.60. The summed E-state index contributed by atoms with van der Waals surface area (Å²) in [6, 6.07) is 0. The highest BCUT2D eigenvalue weighted by molar-refractivity contribution is 5.71. The molecule has 2 N–H and O–H groups in total. The van der Waals surface area contributed by atoms with E-state index < -0.39 is 5.97 Å². The van der Waals surface area contributed by atoms with E-state index in [9.17, 15) is 15.0 Å². The smallest absolute Gasteiger partial charge is 0.307 e. The first-order valence-corrected chi connectivity index (χ1v) is 9.77. The van der Waals surface area contributed by atoms with E-state index in [-0.39, 0.29) is 17.4 Å². The Morgan fingerprint density at radius 2 is 1.61 bits per heavy atom. The molecule has 4 fully saturated rings. The zero-order valence-electron chi connectivity index (χ0n) is 14.6. The first-order valence-electron chi connectivity index (χ1n) is 9.77. The second-order valence-corrected chi connectivity index (χ2v) is 9.60. The van der Waals surface area contributed by atoms with Crippen molar-refractivity contribution in [3.63, 3.8) is 0 Å². The van der Waals surface area contributed by atoms with E-state index in [0.29, 0.717) is 17.3 Å². The number of aliphatic hydroxyl groups excluding tert-OH is 1. The van der Waals surface area contributed by atoms with Crippen molar-refractivity contribution >= 4 is 5.97 Å². The SMILES string of the molecule is C[C@]12CC[C@H]3[C@H](CC[C@@H]4C[C@@H](O)CC[C@]43C)[C@H]1CC[C@H]2C(=O)O. The van der Waals surface area contributed by atoms with E-state index in [1.807, 2.05) is 0 Å². The van der Waals surface area contributed by atoms with Gasteiger partial charge >= 0.3 is 5.97 Å². The third kappa shape index (κ3) is 2.14. The van der Waals surface area contributed by atoms with Crippen molar-refractivity contribution in [1.29, 1.82) is 0 Å². The van der Waals surface area contributed by atoms with Gasteiger partial charge in [0.15, 0.2) is 0 Å². The van der Waals surface area contributed by atoms with Crippen LogP contribution < -0.4 is 0 Å². The van der Waals surface area contributed by atoms with Gasteiger partial charge in [-0.1, -0.05) is 13.8 Å². The molecular weight excluding hydrogens is 288 g/mol. The van der Waals surface area contributed by atoms with E-state index >= 15 is 0 Å². The van der Waals surface area contributed by atoms with Crippen LogP contribution in [0, 0.1) is 40.4 Å². The Morgan fingerprint density at radius 3 is 2.35 bits per heavy atom. The molecule has 0 bridgehead atoms. The van der Waals surface area contributed by atoms with Gasteiger partial charge in [0.25, 0.3) is 0 Å². The third-order valence-electron chi connectivity index (χ3n) is 8.94. The number of hydrogen-bond acceptors (Lipinski definition) is 2. The highest BCUT2D eigenvalue weighted by atomic mass is 16.4. The molecule has 0 aliphatic heterocycles. The normalized spacial score (nSPS) is 55.6. The number of fused-ring (bicyclic) bond motifs is 5. The lowest BCUT2D eigenvalue weighted by atomic mass is 9.44. The van der Waals surface area contributed by atoms with Gasteiger partial charge in [0.2, 0.25) is 0 Å². The Balaban J connectivity index is 1.61. The third-order valence-corrected chi connectivity index (χ3v) is 8.94. The summed E-state index contributed by atoms with van der Waals surface area (Å²) < 4.78 is 0. The fourth-order valence-electron chi connectivity index (χ4n) is 7.64. The van der Waals surface area contributed by atoms with Gasteiger partial charge in [-0.3, -0.25) is 4.79 Å². The first kappa shape index (κ1) is 15.9. The van der Waals surface area contributed by atoms with Gasteiger partial charge in [0.05, 0.1) is 12.0 Å². The Kier molecular flexibility index (Phi) is 3.61. The van der Waals surface area contributed by atoms with Crippen LogP contribution in [0.25, 0.3) is 0 Å². The second kappa shape index (κ2) is 5.21. The fraction of sp³-hybridized carbons (Fsp3) is 0.950. The molecule has 0 heterocycles. The second-order valence-electron chi connectivity index (χ2n) is 9.60. The van der Waals surface area contributed by atoms with Crippen LogP contribution in [-0.4, -0.2) is 22.3 Å². The van der Waals surface area contributed by atoms with Gasteiger partial charge in [0, 0.05) is 0 Å². The molecule has 3 heteroatoms. The Morgan fingerprint density at radius 1 is 0.913 bits per heavy atom. The molecule has 0 spiro atoms. The zero-order valence-corrected chi connectivity index (χ0v) is 14.6. The number of hydrogen-bond donors (Lipinski definition) is 2. The standard InChI is InChI=1S/C20H32O3/c1-19-9-7-13(21)11-12(19)3-4-14-15-5-6-17(18(22)23)20(15,2)10-8-16(14)19/h12-17,21H,3-11H2,1-2H3,(H,22,23)/t12-,13+,14-,15-,16+,17+,19-,20+/m1/s1. The Labute approximate surface area is 139 Å². The molecule has 4 aliphatic rings. The average Bonchev–Trinajstić information content (AvgIpc) is 2.85. The minimum absolute atomic E-state index is 0.0321.